The van der Waals surface area contributed by atoms with Crippen molar-refractivity contribution in [3.8, 4) is 0 Å². The van der Waals surface area contributed by atoms with Gasteiger partial charge in [0.1, 0.15) is 6.61 Å². The molecular weight excluding hydrogens is 244 g/mol. The highest BCUT2D eigenvalue weighted by atomic mass is 16.5. The minimum Gasteiger partial charge on any atom is -0.448 e. The van der Waals surface area contributed by atoms with Crippen LogP contribution in [0.25, 0.3) is 0 Å². The van der Waals surface area contributed by atoms with Gasteiger partial charge in [-0.05, 0) is 19.0 Å². The maximum absolute atomic E-state index is 10.4. The second-order valence-corrected chi connectivity index (χ2v) is 4.36. The third kappa shape index (κ3) is 8.18. The third-order valence-electron chi connectivity index (χ3n) is 2.66. The number of carbonyl (C=O) groups is 1. The first-order chi connectivity index (χ1) is 9.18. The van der Waals surface area contributed by atoms with Crippen LogP contribution in [0.4, 0.5) is 4.79 Å². The summed E-state index contributed by atoms with van der Waals surface area (Å²) in [4.78, 5) is 12.5. The topological polar surface area (TPSA) is 64.8 Å². The Balaban J connectivity index is 1.97. The number of nitrogens with two attached hydrogens (primary N) is 1. The Bertz CT molecular complexity index is 357. The van der Waals surface area contributed by atoms with Crippen molar-refractivity contribution in [3.05, 3.63) is 35.9 Å². The Morgan fingerprint density at radius 1 is 1.21 bits per heavy atom. The number of likely N-dealkylation sites (N-methyl/N-ethyl adjacent to an activating group) is 1. The molecule has 0 atom stereocenters. The predicted octanol–water partition coefficient (Wildman–Crippen LogP) is 1.62. The van der Waals surface area contributed by atoms with Gasteiger partial charge in [-0.2, -0.15) is 0 Å². The number of carbonyl (C=O) groups excluding carboxylic acids is 1. The Morgan fingerprint density at radius 2 is 1.95 bits per heavy atom. The lowest BCUT2D eigenvalue weighted by atomic mass is 10.2. The highest BCUT2D eigenvalue weighted by Gasteiger charge is 2.00. The number of hydrogen-bond donors (Lipinski definition) is 1. The van der Waals surface area contributed by atoms with Gasteiger partial charge in [0.15, 0.2) is 0 Å². The van der Waals surface area contributed by atoms with Gasteiger partial charge in [-0.1, -0.05) is 30.3 Å². The summed E-state index contributed by atoms with van der Waals surface area (Å²) in [5.41, 5.74) is 6.06. The summed E-state index contributed by atoms with van der Waals surface area (Å²) in [7, 11) is 1.97. The standard InChI is InChI=1S/C14H22N2O3/c1-16(9-11-19-14(15)17)8-5-10-18-12-13-6-3-2-4-7-13/h2-4,6-7H,5,8-12H2,1H3,(H2,15,17). The molecular formula is C14H22N2O3. The average Bonchev–Trinajstić information content (AvgIpc) is 2.39. The van der Waals surface area contributed by atoms with Crippen molar-refractivity contribution in [2.75, 3.05) is 33.4 Å². The fourth-order valence-electron chi connectivity index (χ4n) is 1.61. The van der Waals surface area contributed by atoms with Gasteiger partial charge in [-0.3, -0.25) is 0 Å². The van der Waals surface area contributed by atoms with Crippen molar-refractivity contribution in [1.82, 2.24) is 4.90 Å². The Morgan fingerprint density at radius 3 is 2.63 bits per heavy atom. The fourth-order valence-corrected chi connectivity index (χ4v) is 1.61. The molecule has 0 heterocycles. The molecule has 5 heteroatoms. The highest BCUT2D eigenvalue weighted by molar-refractivity contribution is 5.64. The van der Waals surface area contributed by atoms with Gasteiger partial charge < -0.3 is 20.1 Å². The molecule has 0 spiro atoms. The minimum absolute atomic E-state index is 0.330. The van der Waals surface area contributed by atoms with Gasteiger partial charge in [-0.15, -0.1) is 0 Å². The van der Waals surface area contributed by atoms with Gasteiger partial charge in [0.05, 0.1) is 6.61 Å². The zero-order valence-corrected chi connectivity index (χ0v) is 11.4. The number of primary amides is 1. The van der Waals surface area contributed by atoms with Gasteiger partial charge in [0.2, 0.25) is 0 Å². The van der Waals surface area contributed by atoms with Crippen molar-refractivity contribution in [2.24, 2.45) is 5.73 Å². The van der Waals surface area contributed by atoms with Gasteiger partial charge in [0, 0.05) is 19.7 Å². The highest BCUT2D eigenvalue weighted by Crippen LogP contribution is 2.01. The molecule has 0 radical (unpaired) electrons. The van der Waals surface area contributed by atoms with Crippen LogP contribution in [0.5, 0.6) is 0 Å². The summed E-state index contributed by atoms with van der Waals surface area (Å²) in [6, 6.07) is 10.1. The van der Waals surface area contributed by atoms with Crippen LogP contribution in [0.15, 0.2) is 30.3 Å². The van der Waals surface area contributed by atoms with E-state index in [1.54, 1.807) is 0 Å². The van der Waals surface area contributed by atoms with Crippen molar-refractivity contribution in [3.63, 3.8) is 0 Å². The van der Waals surface area contributed by atoms with Crippen LogP contribution in [0.1, 0.15) is 12.0 Å². The molecule has 0 aliphatic carbocycles. The number of ether oxygens (including phenoxy) is 2. The lowest BCUT2D eigenvalue weighted by Crippen LogP contribution is -2.27. The molecule has 1 rings (SSSR count). The zero-order chi connectivity index (χ0) is 13.9. The van der Waals surface area contributed by atoms with Crippen LogP contribution < -0.4 is 5.73 Å². The molecule has 5 nitrogen and oxygen atoms in total. The first-order valence-corrected chi connectivity index (χ1v) is 6.41. The summed E-state index contributed by atoms with van der Waals surface area (Å²) >= 11 is 0. The molecule has 106 valence electrons. The van der Waals surface area contributed by atoms with E-state index in [9.17, 15) is 4.79 Å². The molecule has 0 aliphatic rings. The van der Waals surface area contributed by atoms with Crippen LogP contribution in [0.3, 0.4) is 0 Å². The van der Waals surface area contributed by atoms with Crippen molar-refractivity contribution < 1.29 is 14.3 Å². The van der Waals surface area contributed by atoms with Crippen molar-refractivity contribution >= 4 is 6.09 Å². The first kappa shape index (κ1) is 15.5. The SMILES string of the molecule is CN(CCCOCc1ccccc1)CCOC(N)=O. The molecule has 1 amide bonds. The number of amides is 1. The van der Waals surface area contributed by atoms with E-state index in [0.717, 1.165) is 19.6 Å². The van der Waals surface area contributed by atoms with Crippen LogP contribution in [-0.2, 0) is 16.1 Å². The smallest absolute Gasteiger partial charge is 0.404 e. The maximum Gasteiger partial charge on any atom is 0.404 e. The molecule has 19 heavy (non-hydrogen) atoms. The van der Waals surface area contributed by atoms with E-state index in [1.807, 2.05) is 37.4 Å². The lowest BCUT2D eigenvalue weighted by molar-refractivity contribution is 0.106. The number of rotatable bonds is 9. The minimum atomic E-state index is -0.723. The normalized spacial score (nSPS) is 10.6. The van der Waals surface area contributed by atoms with E-state index in [-0.39, 0.29) is 0 Å². The van der Waals surface area contributed by atoms with Crippen molar-refractivity contribution in [2.45, 2.75) is 13.0 Å². The first-order valence-electron chi connectivity index (χ1n) is 6.41. The zero-order valence-electron chi connectivity index (χ0n) is 11.4. The van der Waals surface area contributed by atoms with Crippen LogP contribution in [-0.4, -0.2) is 44.3 Å². The summed E-state index contributed by atoms with van der Waals surface area (Å²) in [5.74, 6) is 0. The summed E-state index contributed by atoms with van der Waals surface area (Å²) < 4.78 is 10.2. The van der Waals surface area contributed by atoms with E-state index in [2.05, 4.69) is 9.64 Å². The quantitative estimate of drug-likeness (QED) is 0.690. The Labute approximate surface area is 114 Å². The molecule has 1 aromatic rings. The lowest BCUT2D eigenvalue weighted by Gasteiger charge is -2.15. The molecule has 0 saturated heterocycles. The number of hydrogen-bond acceptors (Lipinski definition) is 4. The van der Waals surface area contributed by atoms with Gasteiger partial charge in [0.25, 0.3) is 0 Å². The molecule has 1 aromatic carbocycles. The van der Waals surface area contributed by atoms with E-state index >= 15 is 0 Å². The van der Waals surface area contributed by atoms with E-state index < -0.39 is 6.09 Å². The average molecular weight is 266 g/mol. The Hall–Kier alpha value is -1.59. The second-order valence-electron chi connectivity index (χ2n) is 4.36. The molecule has 2 N–H and O–H groups in total. The van der Waals surface area contributed by atoms with Crippen LogP contribution >= 0.6 is 0 Å². The predicted molar refractivity (Wildman–Crippen MR) is 73.7 cm³/mol. The number of benzene rings is 1. The molecule has 0 aromatic heterocycles. The van der Waals surface area contributed by atoms with Crippen molar-refractivity contribution in [1.29, 1.82) is 0 Å². The molecule has 0 aliphatic heterocycles. The Kier molecular flexibility index (Phi) is 7.62. The maximum atomic E-state index is 10.4. The molecule has 0 saturated carbocycles. The van der Waals surface area contributed by atoms with Crippen LogP contribution in [0.2, 0.25) is 0 Å². The van der Waals surface area contributed by atoms with Gasteiger partial charge in [-0.25, -0.2) is 4.79 Å². The molecule has 0 fully saturated rings. The van der Waals surface area contributed by atoms with E-state index in [1.165, 1.54) is 5.56 Å². The number of nitrogens with zero attached hydrogens (tertiary/aromatic N) is 1. The van der Waals surface area contributed by atoms with Crippen LogP contribution in [0, 0.1) is 0 Å². The van der Waals surface area contributed by atoms with E-state index in [0.29, 0.717) is 19.8 Å². The fraction of sp³-hybridized carbons (Fsp3) is 0.500. The monoisotopic (exact) mass is 266 g/mol. The molecule has 0 bridgehead atoms. The second kappa shape index (κ2) is 9.35. The third-order valence-corrected chi connectivity index (χ3v) is 2.66. The largest absolute Gasteiger partial charge is 0.448 e. The van der Waals surface area contributed by atoms with Gasteiger partial charge >= 0.3 is 6.09 Å². The summed E-state index contributed by atoms with van der Waals surface area (Å²) in [5, 5.41) is 0. The molecule has 0 unspecified atom stereocenters. The van der Waals surface area contributed by atoms with E-state index in [4.69, 9.17) is 10.5 Å². The summed E-state index contributed by atoms with van der Waals surface area (Å²) in [6.45, 7) is 3.28. The summed E-state index contributed by atoms with van der Waals surface area (Å²) in [6.07, 6.45) is 0.222.